The summed E-state index contributed by atoms with van der Waals surface area (Å²) in [6, 6.07) is 95.7. The predicted octanol–water partition coefficient (Wildman–Crippen LogP) is 20.8. The first-order valence-electron chi connectivity index (χ1n) is 28.0. The standard InChI is InChI=1S/C78H52F2N2O/c1-3-51-29-33-53(34-30-51)77(55-37-41-57(79)42-38-55)69-25-13-11-21-63(69)65-47-45-61(49-71(65)77)81(59-17-7-5-8-18-59)73-27-15-23-67-68-24-16-28-74(76(68)83-75(67)73)82(60-19-9-6-10-20-60)62-46-48-66-64-22-12-14-26-70(64)78(72(66)50-62,56-39-43-58(80)44-40-56)54-35-31-52(4-2)32-36-54/h3-50H,1-2H2. The Bertz CT molecular complexity index is 4370. The number of fused-ring (bicyclic) bond motifs is 9. The van der Waals surface area contributed by atoms with Gasteiger partial charge in [-0.3, -0.25) is 0 Å². The molecule has 2 atom stereocenters. The van der Waals surface area contributed by atoms with Crippen LogP contribution in [0.5, 0.6) is 0 Å². The van der Waals surface area contributed by atoms with E-state index >= 15 is 8.78 Å². The summed E-state index contributed by atoms with van der Waals surface area (Å²) < 4.78 is 37.5. The van der Waals surface area contributed by atoms with Crippen molar-refractivity contribution in [1.29, 1.82) is 0 Å². The van der Waals surface area contributed by atoms with Crippen LogP contribution in [0, 0.1) is 11.6 Å². The topological polar surface area (TPSA) is 19.6 Å². The molecule has 2 aliphatic rings. The van der Waals surface area contributed by atoms with Crippen LogP contribution in [0.2, 0.25) is 0 Å². The summed E-state index contributed by atoms with van der Waals surface area (Å²) >= 11 is 0. The SMILES string of the molecule is C=Cc1ccc(C2(c3ccc(F)cc3)c3ccccc3-c3ccc(N(c4ccccc4)c4cccc5c4oc4c(N(c6ccccc6)c6ccc7c(c6)C(c6ccc(F)cc6)(c6ccc(C=C)cc6)c6ccccc6-7)cccc45)cc32)cc1. The normalized spacial score (nSPS) is 15.5. The summed E-state index contributed by atoms with van der Waals surface area (Å²) in [4.78, 5) is 4.60. The molecule has 0 saturated carbocycles. The maximum Gasteiger partial charge on any atom is 0.159 e. The smallest absolute Gasteiger partial charge is 0.159 e. The van der Waals surface area contributed by atoms with Gasteiger partial charge in [0.05, 0.1) is 22.2 Å². The Labute approximate surface area is 481 Å². The zero-order chi connectivity index (χ0) is 55.8. The van der Waals surface area contributed by atoms with E-state index in [-0.39, 0.29) is 11.6 Å². The molecule has 1 aromatic heterocycles. The van der Waals surface area contributed by atoms with Crippen molar-refractivity contribution < 1.29 is 13.2 Å². The third kappa shape index (κ3) is 7.55. The van der Waals surface area contributed by atoms with E-state index in [0.29, 0.717) is 0 Å². The number of benzene rings is 12. The maximum absolute atomic E-state index is 15.0. The monoisotopic (exact) mass is 1070 g/mol. The second kappa shape index (κ2) is 19.6. The number of nitrogens with zero attached hydrogens (tertiary/aromatic N) is 2. The highest BCUT2D eigenvalue weighted by Crippen LogP contribution is 2.60. The molecule has 1 heterocycles. The molecule has 394 valence electrons. The molecule has 83 heavy (non-hydrogen) atoms. The summed E-state index contributed by atoms with van der Waals surface area (Å²) in [5.41, 5.74) is 20.3. The van der Waals surface area contributed by atoms with Crippen molar-refractivity contribution in [2.24, 2.45) is 0 Å². The highest BCUT2D eigenvalue weighted by molar-refractivity contribution is 6.14. The molecule has 3 nitrogen and oxygen atoms in total. The van der Waals surface area contributed by atoms with Crippen LogP contribution in [0.4, 0.5) is 42.9 Å². The molecule has 0 amide bonds. The highest BCUT2D eigenvalue weighted by Gasteiger charge is 2.48. The Kier molecular flexibility index (Phi) is 11.7. The van der Waals surface area contributed by atoms with Crippen LogP contribution in [-0.2, 0) is 10.8 Å². The molecule has 0 saturated heterocycles. The van der Waals surface area contributed by atoms with Crippen molar-refractivity contribution in [3.8, 4) is 22.3 Å². The first-order chi connectivity index (χ1) is 40.9. The van der Waals surface area contributed by atoms with Crippen LogP contribution >= 0.6 is 0 Å². The number of hydrogen-bond acceptors (Lipinski definition) is 3. The zero-order valence-corrected chi connectivity index (χ0v) is 45.2. The highest BCUT2D eigenvalue weighted by atomic mass is 19.1. The van der Waals surface area contributed by atoms with Crippen molar-refractivity contribution >= 4 is 68.2 Å². The number of rotatable bonds is 12. The summed E-state index contributed by atoms with van der Waals surface area (Å²) in [6.45, 7) is 8.12. The fourth-order valence-electron chi connectivity index (χ4n) is 13.7. The molecular formula is C78H52F2N2O. The number of halogens is 2. The van der Waals surface area contributed by atoms with Gasteiger partial charge in [0.1, 0.15) is 11.6 Å². The van der Waals surface area contributed by atoms with Gasteiger partial charge < -0.3 is 14.2 Å². The molecule has 2 unspecified atom stereocenters. The van der Waals surface area contributed by atoms with Crippen LogP contribution in [0.25, 0.3) is 56.3 Å². The van der Waals surface area contributed by atoms with Crippen LogP contribution in [0.3, 0.4) is 0 Å². The van der Waals surface area contributed by atoms with Gasteiger partial charge in [-0.25, -0.2) is 8.78 Å². The summed E-state index contributed by atoms with van der Waals surface area (Å²) in [7, 11) is 0. The van der Waals surface area contributed by atoms with E-state index in [9.17, 15) is 0 Å². The second-order valence-electron chi connectivity index (χ2n) is 21.5. The van der Waals surface area contributed by atoms with E-state index in [1.54, 1.807) is 24.3 Å². The van der Waals surface area contributed by atoms with Crippen LogP contribution in [0.15, 0.2) is 297 Å². The van der Waals surface area contributed by atoms with Crippen LogP contribution in [0.1, 0.15) is 55.6 Å². The molecule has 15 rings (SSSR count). The quantitative estimate of drug-likeness (QED) is 0.122. The maximum atomic E-state index is 15.0. The third-order valence-electron chi connectivity index (χ3n) is 17.3. The Morgan fingerprint density at radius 2 is 0.663 bits per heavy atom. The Morgan fingerprint density at radius 1 is 0.313 bits per heavy atom. The molecule has 5 heteroatoms. The molecule has 0 bridgehead atoms. The molecule has 13 aromatic rings. The number of hydrogen-bond donors (Lipinski definition) is 0. The third-order valence-corrected chi connectivity index (χ3v) is 17.3. The van der Waals surface area contributed by atoms with Crippen molar-refractivity contribution in [3.05, 3.63) is 359 Å². The van der Waals surface area contributed by atoms with E-state index < -0.39 is 10.8 Å². The molecule has 0 N–H and O–H groups in total. The van der Waals surface area contributed by atoms with Gasteiger partial charge in [-0.2, -0.15) is 0 Å². The first kappa shape index (κ1) is 49.4. The number of anilines is 6. The molecular weight excluding hydrogens is 1020 g/mol. The van der Waals surface area contributed by atoms with E-state index in [0.717, 1.165) is 134 Å². The summed E-state index contributed by atoms with van der Waals surface area (Å²) in [5, 5.41) is 1.93. The van der Waals surface area contributed by atoms with E-state index in [2.05, 4.69) is 241 Å². The fraction of sp³-hybridized carbons (Fsp3) is 0.0256. The Morgan fingerprint density at radius 3 is 1.05 bits per heavy atom. The summed E-state index contributed by atoms with van der Waals surface area (Å²) in [5.74, 6) is -0.577. The van der Waals surface area contributed by atoms with Gasteiger partial charge in [0.25, 0.3) is 0 Å². The van der Waals surface area contributed by atoms with Gasteiger partial charge in [-0.1, -0.05) is 219 Å². The lowest BCUT2D eigenvalue weighted by atomic mass is 9.67. The molecule has 0 radical (unpaired) electrons. The van der Waals surface area contributed by atoms with Crippen molar-refractivity contribution in [2.75, 3.05) is 9.80 Å². The lowest BCUT2D eigenvalue weighted by Gasteiger charge is -2.35. The van der Waals surface area contributed by atoms with Crippen LogP contribution < -0.4 is 9.80 Å². The zero-order valence-electron chi connectivity index (χ0n) is 45.2. The van der Waals surface area contributed by atoms with Crippen molar-refractivity contribution in [3.63, 3.8) is 0 Å². The molecule has 12 aromatic carbocycles. The van der Waals surface area contributed by atoms with E-state index in [1.807, 2.05) is 48.6 Å². The summed E-state index contributed by atoms with van der Waals surface area (Å²) in [6.07, 6.45) is 3.72. The van der Waals surface area contributed by atoms with Gasteiger partial charge in [0, 0.05) is 33.5 Å². The Hall–Kier alpha value is -10.6. The minimum Gasteiger partial charge on any atom is -0.452 e. The molecule has 0 aliphatic heterocycles. The van der Waals surface area contributed by atoms with E-state index in [4.69, 9.17) is 4.42 Å². The van der Waals surface area contributed by atoms with Crippen LogP contribution in [-0.4, -0.2) is 0 Å². The minimum atomic E-state index is -0.798. The minimum absolute atomic E-state index is 0.289. The lowest BCUT2D eigenvalue weighted by molar-refractivity contribution is 0.624. The molecule has 2 aliphatic carbocycles. The van der Waals surface area contributed by atoms with Gasteiger partial charge in [0.2, 0.25) is 0 Å². The van der Waals surface area contributed by atoms with Gasteiger partial charge in [-0.05, 0) is 163 Å². The predicted molar refractivity (Wildman–Crippen MR) is 338 cm³/mol. The lowest BCUT2D eigenvalue weighted by Crippen LogP contribution is -2.29. The average molecular weight is 1070 g/mol. The molecule has 0 spiro atoms. The Balaban J connectivity index is 0.941. The van der Waals surface area contributed by atoms with Gasteiger partial charge in [-0.15, -0.1) is 0 Å². The van der Waals surface area contributed by atoms with Gasteiger partial charge in [0.15, 0.2) is 11.2 Å². The van der Waals surface area contributed by atoms with E-state index in [1.165, 1.54) is 0 Å². The number of para-hydroxylation sites is 4. The average Bonchev–Trinajstić information content (AvgIpc) is 2.58. The van der Waals surface area contributed by atoms with Crippen molar-refractivity contribution in [1.82, 2.24) is 0 Å². The molecule has 0 fully saturated rings. The van der Waals surface area contributed by atoms with Gasteiger partial charge >= 0.3 is 0 Å². The number of furan rings is 1. The second-order valence-corrected chi connectivity index (χ2v) is 21.5. The largest absolute Gasteiger partial charge is 0.452 e. The first-order valence-corrected chi connectivity index (χ1v) is 28.0. The fourth-order valence-corrected chi connectivity index (χ4v) is 13.7. The van der Waals surface area contributed by atoms with Crippen molar-refractivity contribution in [2.45, 2.75) is 10.8 Å².